The molecule has 60 heavy (non-hydrogen) atoms. The van der Waals surface area contributed by atoms with Crippen molar-refractivity contribution in [1.29, 1.82) is 0 Å². The molecule has 1 unspecified atom stereocenters. The number of hydrogen-bond acceptors (Lipinski definition) is 5. The smallest absolute Gasteiger partial charge is 0.306 e. The summed E-state index contributed by atoms with van der Waals surface area (Å²) in [4.78, 5) is 25.3. The summed E-state index contributed by atoms with van der Waals surface area (Å²) in [5, 5.41) is 0. The van der Waals surface area contributed by atoms with Gasteiger partial charge in [0.1, 0.15) is 6.61 Å². The second kappa shape index (κ2) is 49.7. The van der Waals surface area contributed by atoms with E-state index in [4.69, 9.17) is 14.2 Å². The van der Waals surface area contributed by atoms with Crippen molar-refractivity contribution in [3.05, 3.63) is 122 Å². The third-order valence-electron chi connectivity index (χ3n) is 9.48. The Hall–Kier alpha value is -3.70. The molecule has 0 aromatic rings. The van der Waals surface area contributed by atoms with Crippen LogP contribution in [0.2, 0.25) is 0 Å². The molecule has 5 heteroatoms. The molecule has 0 spiro atoms. The van der Waals surface area contributed by atoms with Crippen molar-refractivity contribution in [3.8, 4) is 0 Å². The molecule has 5 nitrogen and oxygen atoms in total. The molecule has 0 rings (SSSR count). The van der Waals surface area contributed by atoms with Gasteiger partial charge in [0.05, 0.1) is 13.2 Å². The Morgan fingerprint density at radius 2 is 0.750 bits per heavy atom. The Morgan fingerprint density at radius 1 is 0.383 bits per heavy atom. The van der Waals surface area contributed by atoms with Gasteiger partial charge in [-0.3, -0.25) is 9.59 Å². The third-order valence-corrected chi connectivity index (χ3v) is 9.48. The van der Waals surface area contributed by atoms with Crippen LogP contribution < -0.4 is 0 Å². The number of carbonyl (C=O) groups is 2. The van der Waals surface area contributed by atoms with Crippen molar-refractivity contribution in [2.24, 2.45) is 0 Å². The van der Waals surface area contributed by atoms with Gasteiger partial charge in [-0.15, -0.1) is 0 Å². The molecule has 338 valence electrons. The highest BCUT2D eigenvalue weighted by Gasteiger charge is 2.17. The summed E-state index contributed by atoms with van der Waals surface area (Å²) in [5.74, 6) is -0.487. The summed E-state index contributed by atoms with van der Waals surface area (Å²) in [5.41, 5.74) is 0. The van der Waals surface area contributed by atoms with Gasteiger partial charge in [0.25, 0.3) is 0 Å². The predicted octanol–water partition coefficient (Wildman–Crippen LogP) is 16.2. The van der Waals surface area contributed by atoms with Gasteiger partial charge < -0.3 is 14.2 Å². The first-order valence-corrected chi connectivity index (χ1v) is 24.1. The first-order valence-electron chi connectivity index (χ1n) is 24.1. The van der Waals surface area contributed by atoms with E-state index in [1.165, 1.54) is 32.1 Å². The highest BCUT2D eigenvalue weighted by atomic mass is 16.6. The Labute approximate surface area is 369 Å². The van der Waals surface area contributed by atoms with Gasteiger partial charge in [-0.25, -0.2) is 0 Å². The molecule has 0 saturated carbocycles. The second-order valence-electron chi connectivity index (χ2n) is 15.2. The highest BCUT2D eigenvalue weighted by Crippen LogP contribution is 2.11. The van der Waals surface area contributed by atoms with E-state index in [2.05, 4.69) is 142 Å². The monoisotopic (exact) mass is 829 g/mol. The molecule has 0 aromatic heterocycles. The molecule has 0 fully saturated rings. The number of ether oxygens (including phenoxy) is 3. The van der Waals surface area contributed by atoms with Gasteiger partial charge in [-0.1, -0.05) is 187 Å². The zero-order valence-electron chi connectivity index (χ0n) is 38.7. The quantitative estimate of drug-likeness (QED) is 0.0348. The van der Waals surface area contributed by atoms with Crippen molar-refractivity contribution in [2.45, 2.75) is 194 Å². The summed E-state index contributed by atoms with van der Waals surface area (Å²) in [6.45, 7) is 7.29. The minimum atomic E-state index is -0.597. The minimum Gasteiger partial charge on any atom is -0.462 e. The lowest BCUT2D eigenvalue weighted by Crippen LogP contribution is -2.30. The molecule has 0 N–H and O–H groups in total. The average molecular weight is 829 g/mol. The van der Waals surface area contributed by atoms with Crippen LogP contribution in [0.4, 0.5) is 0 Å². The number of esters is 2. The van der Waals surface area contributed by atoms with Crippen molar-refractivity contribution in [1.82, 2.24) is 0 Å². The summed E-state index contributed by atoms with van der Waals surface area (Å²) >= 11 is 0. The van der Waals surface area contributed by atoms with Crippen LogP contribution in [-0.2, 0) is 23.8 Å². The largest absolute Gasteiger partial charge is 0.462 e. The van der Waals surface area contributed by atoms with Gasteiger partial charge >= 0.3 is 11.9 Å². The number of allylic oxidation sites excluding steroid dienone is 19. The molecule has 0 aliphatic carbocycles. The lowest BCUT2D eigenvalue weighted by atomic mass is 10.1. The summed E-state index contributed by atoms with van der Waals surface area (Å²) in [6, 6.07) is 0. The fraction of sp³-hybridized carbons (Fsp3) is 0.600. The fourth-order valence-electron chi connectivity index (χ4n) is 5.96. The molecule has 0 aliphatic rings. The molecular weight excluding hydrogens is 741 g/mol. The molecule has 0 heterocycles. The van der Waals surface area contributed by atoms with Crippen LogP contribution in [0.5, 0.6) is 0 Å². The van der Waals surface area contributed by atoms with E-state index < -0.39 is 6.10 Å². The van der Waals surface area contributed by atoms with E-state index in [0.717, 1.165) is 122 Å². The highest BCUT2D eigenvalue weighted by molar-refractivity contribution is 5.70. The van der Waals surface area contributed by atoms with Crippen LogP contribution in [0.25, 0.3) is 0 Å². The maximum Gasteiger partial charge on any atom is 0.306 e. The zero-order chi connectivity index (χ0) is 43.5. The maximum absolute atomic E-state index is 12.7. The molecule has 1 atom stereocenters. The van der Waals surface area contributed by atoms with Crippen molar-refractivity contribution in [3.63, 3.8) is 0 Å². The zero-order valence-corrected chi connectivity index (χ0v) is 38.7. The van der Waals surface area contributed by atoms with Crippen molar-refractivity contribution in [2.75, 3.05) is 19.8 Å². The fourth-order valence-corrected chi connectivity index (χ4v) is 5.96. The summed E-state index contributed by atoms with van der Waals surface area (Å²) in [7, 11) is 0. The Kier molecular flexibility index (Phi) is 46.6. The maximum atomic E-state index is 12.7. The molecule has 0 radical (unpaired) electrons. The van der Waals surface area contributed by atoms with E-state index in [1.54, 1.807) is 0 Å². The van der Waals surface area contributed by atoms with E-state index >= 15 is 0 Å². The first-order chi connectivity index (χ1) is 29.6. The topological polar surface area (TPSA) is 61.8 Å². The molecule has 0 amide bonds. The molecule has 0 aliphatic heterocycles. The van der Waals surface area contributed by atoms with Gasteiger partial charge in [-0.05, 0) is 109 Å². The Balaban J connectivity index is 4.44. The minimum absolute atomic E-state index is 0.0316. The average Bonchev–Trinajstić information content (AvgIpc) is 3.25. The van der Waals surface area contributed by atoms with Crippen LogP contribution in [0.3, 0.4) is 0 Å². The van der Waals surface area contributed by atoms with Gasteiger partial charge in [0, 0.05) is 12.8 Å². The molecule has 0 bridgehead atoms. The number of unbranched alkanes of at least 4 members (excludes halogenated alkanes) is 11. The predicted molar refractivity (Wildman–Crippen MR) is 260 cm³/mol. The first kappa shape index (κ1) is 56.3. The summed E-state index contributed by atoms with van der Waals surface area (Å²) in [6.07, 6.45) is 69.4. The normalized spacial score (nSPS) is 13.3. The Bertz CT molecular complexity index is 1260. The van der Waals surface area contributed by atoms with E-state index in [0.29, 0.717) is 19.4 Å². The van der Waals surface area contributed by atoms with Crippen LogP contribution >= 0.6 is 0 Å². The lowest BCUT2D eigenvalue weighted by molar-refractivity contribution is -0.162. The van der Waals surface area contributed by atoms with Crippen LogP contribution in [0, 0.1) is 0 Å². The molecular formula is C55H88O5. The third kappa shape index (κ3) is 47.0. The Morgan fingerprint density at radius 3 is 1.22 bits per heavy atom. The number of carbonyl (C=O) groups excluding carboxylic acids is 2. The lowest BCUT2D eigenvalue weighted by Gasteiger charge is -2.18. The van der Waals surface area contributed by atoms with E-state index in [9.17, 15) is 9.59 Å². The standard InChI is InChI=1S/C55H88O5/c1-4-7-10-13-16-19-22-24-26-28-29-31-34-36-39-42-45-48-54(56)59-52-53(60-55(57)49-46-43-40-37-33-21-18-15-12-9-6-3)51-58-50-47-44-41-38-35-32-30-27-25-23-20-17-14-11-8-5-2/h7-8,10-11,15-20,24-27,29,31-32,35,41,44,53H,4-6,9,12-14,21-23,28,30,33-34,36-40,42-43,45-52H2,1-3H3/b10-7-,11-8-,18-15-,19-16-,20-17-,26-24-,27-25-,31-29-,35-32-,44-41-. The van der Waals surface area contributed by atoms with Crippen molar-refractivity contribution < 1.29 is 23.8 Å². The van der Waals surface area contributed by atoms with Crippen LogP contribution in [0.1, 0.15) is 188 Å². The van der Waals surface area contributed by atoms with Gasteiger partial charge in [0.15, 0.2) is 6.10 Å². The van der Waals surface area contributed by atoms with Gasteiger partial charge in [0.2, 0.25) is 0 Å². The molecule has 0 saturated heterocycles. The van der Waals surface area contributed by atoms with E-state index in [-0.39, 0.29) is 25.2 Å². The van der Waals surface area contributed by atoms with E-state index in [1.807, 2.05) is 0 Å². The molecule has 0 aromatic carbocycles. The SMILES string of the molecule is CC/C=C\C/C=C\C/C=C\C/C=C\C/C=C\CCOCC(COC(=O)CCCCCC/C=C\C/C=C\C/C=C\C/C=C\CC)OC(=O)CCCCCCC/C=C\CCCC. The number of rotatable bonds is 42. The van der Waals surface area contributed by atoms with Crippen LogP contribution in [-0.4, -0.2) is 37.9 Å². The number of hydrogen-bond donors (Lipinski definition) is 0. The second-order valence-corrected chi connectivity index (χ2v) is 15.2. The van der Waals surface area contributed by atoms with Crippen molar-refractivity contribution >= 4 is 11.9 Å². The van der Waals surface area contributed by atoms with Gasteiger partial charge in [-0.2, -0.15) is 0 Å². The van der Waals surface area contributed by atoms with Crippen LogP contribution in [0.15, 0.2) is 122 Å². The summed E-state index contributed by atoms with van der Waals surface area (Å²) < 4.78 is 17.2.